The van der Waals surface area contributed by atoms with Gasteiger partial charge in [0, 0.05) is 28.1 Å². The maximum atomic E-state index is 5.99. The van der Waals surface area contributed by atoms with E-state index in [0.29, 0.717) is 11.7 Å². The second kappa shape index (κ2) is 6.48. The van der Waals surface area contributed by atoms with Crippen LogP contribution in [0.2, 0.25) is 0 Å². The first kappa shape index (κ1) is 14.4. The molecule has 1 heterocycles. The molecule has 110 valence electrons. The van der Waals surface area contributed by atoms with Crippen molar-refractivity contribution in [3.05, 3.63) is 36.0 Å². The predicted molar refractivity (Wildman–Crippen MR) is 89.5 cm³/mol. The minimum Gasteiger partial charge on any atom is -0.384 e. The summed E-state index contributed by atoms with van der Waals surface area (Å²) in [5.74, 6) is 2.97. The molecule has 3 rings (SSSR count). The molecule has 1 fully saturated rings. The number of hydrogen-bond acceptors (Lipinski definition) is 4. The average Bonchev–Trinajstić information content (AvgIpc) is 3.02. The minimum absolute atomic E-state index is 0.559. The molecule has 21 heavy (non-hydrogen) atoms. The van der Waals surface area contributed by atoms with Gasteiger partial charge in [0.15, 0.2) is 5.82 Å². The van der Waals surface area contributed by atoms with E-state index in [1.807, 2.05) is 17.8 Å². The van der Waals surface area contributed by atoms with Crippen LogP contribution in [0.1, 0.15) is 44.2 Å². The summed E-state index contributed by atoms with van der Waals surface area (Å²) in [6.45, 7) is 2.16. The highest BCUT2D eigenvalue weighted by Crippen LogP contribution is 2.34. The van der Waals surface area contributed by atoms with Gasteiger partial charge in [0.05, 0.1) is 0 Å². The summed E-state index contributed by atoms with van der Waals surface area (Å²) in [5.41, 5.74) is 8.14. The van der Waals surface area contributed by atoms with Gasteiger partial charge in [-0.15, -0.1) is 11.8 Å². The fourth-order valence-corrected chi connectivity index (χ4v) is 3.57. The fourth-order valence-electron chi connectivity index (χ4n) is 2.91. The Morgan fingerprint density at radius 2 is 1.86 bits per heavy atom. The van der Waals surface area contributed by atoms with Crippen LogP contribution in [0, 0.1) is 0 Å². The Morgan fingerprint density at radius 1 is 1.14 bits per heavy atom. The lowest BCUT2D eigenvalue weighted by molar-refractivity contribution is 0.696. The molecule has 0 saturated heterocycles. The van der Waals surface area contributed by atoms with E-state index < -0.39 is 0 Å². The number of anilines is 1. The molecule has 0 spiro atoms. The van der Waals surface area contributed by atoms with E-state index in [2.05, 4.69) is 36.2 Å². The monoisotopic (exact) mass is 299 g/mol. The molecule has 1 aliphatic carbocycles. The maximum absolute atomic E-state index is 5.99. The zero-order chi connectivity index (χ0) is 14.7. The largest absolute Gasteiger partial charge is 0.384 e. The molecule has 2 N–H and O–H groups in total. The molecule has 0 bridgehead atoms. The van der Waals surface area contributed by atoms with Crippen LogP contribution in [0.3, 0.4) is 0 Å². The molecule has 1 aromatic carbocycles. The van der Waals surface area contributed by atoms with Crippen LogP contribution in [-0.4, -0.2) is 15.7 Å². The first-order valence-electron chi connectivity index (χ1n) is 7.64. The van der Waals surface area contributed by atoms with Crippen molar-refractivity contribution in [1.29, 1.82) is 0 Å². The van der Waals surface area contributed by atoms with Crippen molar-refractivity contribution in [1.82, 2.24) is 9.97 Å². The lowest BCUT2D eigenvalue weighted by Crippen LogP contribution is -2.03. The number of rotatable bonds is 4. The minimum atomic E-state index is 0.559. The lowest BCUT2D eigenvalue weighted by atomic mass is 10.0. The third-order valence-corrected chi connectivity index (χ3v) is 4.86. The SMILES string of the molecule is CCSc1ccc(-c2nc(N)cc(C3CCCC3)n2)cc1. The van der Waals surface area contributed by atoms with Gasteiger partial charge in [-0.2, -0.15) is 0 Å². The van der Waals surface area contributed by atoms with E-state index in [-0.39, 0.29) is 0 Å². The lowest BCUT2D eigenvalue weighted by Gasteiger charge is -2.11. The molecular formula is C17H21N3S. The van der Waals surface area contributed by atoms with E-state index in [1.165, 1.54) is 30.6 Å². The predicted octanol–water partition coefficient (Wildman–Crippen LogP) is 4.50. The molecule has 4 heteroatoms. The van der Waals surface area contributed by atoms with E-state index in [9.17, 15) is 0 Å². The second-order valence-electron chi connectivity index (χ2n) is 5.48. The Hall–Kier alpha value is -1.55. The van der Waals surface area contributed by atoms with Crippen molar-refractivity contribution >= 4 is 17.6 Å². The van der Waals surface area contributed by atoms with Gasteiger partial charge in [-0.1, -0.05) is 31.9 Å². The number of nitrogen functional groups attached to an aromatic ring is 1. The van der Waals surface area contributed by atoms with Crippen molar-refractivity contribution in [3.8, 4) is 11.4 Å². The van der Waals surface area contributed by atoms with Crippen LogP contribution in [0.4, 0.5) is 5.82 Å². The highest BCUT2D eigenvalue weighted by atomic mass is 32.2. The smallest absolute Gasteiger partial charge is 0.161 e. The molecule has 0 unspecified atom stereocenters. The summed E-state index contributed by atoms with van der Waals surface area (Å²) in [4.78, 5) is 10.5. The van der Waals surface area contributed by atoms with Gasteiger partial charge in [0.25, 0.3) is 0 Å². The maximum Gasteiger partial charge on any atom is 0.161 e. The molecule has 0 amide bonds. The van der Waals surface area contributed by atoms with Crippen LogP contribution in [0.25, 0.3) is 11.4 Å². The van der Waals surface area contributed by atoms with Gasteiger partial charge >= 0.3 is 0 Å². The van der Waals surface area contributed by atoms with Crippen molar-refractivity contribution in [2.24, 2.45) is 0 Å². The Balaban J connectivity index is 1.90. The normalized spacial score (nSPS) is 15.5. The van der Waals surface area contributed by atoms with Crippen LogP contribution in [0.5, 0.6) is 0 Å². The van der Waals surface area contributed by atoms with Crippen molar-refractivity contribution in [3.63, 3.8) is 0 Å². The van der Waals surface area contributed by atoms with E-state index in [4.69, 9.17) is 10.7 Å². The van der Waals surface area contributed by atoms with Gasteiger partial charge in [-0.25, -0.2) is 9.97 Å². The molecule has 0 aliphatic heterocycles. The molecule has 1 aliphatic rings. The van der Waals surface area contributed by atoms with Gasteiger partial charge in [0.2, 0.25) is 0 Å². The number of thioether (sulfide) groups is 1. The summed E-state index contributed by atoms with van der Waals surface area (Å²) < 4.78 is 0. The van der Waals surface area contributed by atoms with E-state index in [0.717, 1.165) is 22.8 Å². The van der Waals surface area contributed by atoms with E-state index in [1.54, 1.807) is 0 Å². The first-order valence-corrected chi connectivity index (χ1v) is 8.62. The molecule has 3 nitrogen and oxygen atoms in total. The summed E-state index contributed by atoms with van der Waals surface area (Å²) in [6, 6.07) is 10.4. The summed E-state index contributed by atoms with van der Waals surface area (Å²) in [7, 11) is 0. The quantitative estimate of drug-likeness (QED) is 0.845. The standard InChI is InChI=1S/C17H21N3S/c1-2-21-14-9-7-13(8-10-14)17-19-15(11-16(18)20-17)12-5-3-4-6-12/h7-12H,2-6H2,1H3,(H2,18,19,20). The molecular weight excluding hydrogens is 278 g/mol. The zero-order valence-electron chi connectivity index (χ0n) is 12.4. The average molecular weight is 299 g/mol. The number of nitrogens with two attached hydrogens (primary N) is 1. The van der Waals surface area contributed by atoms with Gasteiger partial charge in [0.1, 0.15) is 5.82 Å². The number of aromatic nitrogens is 2. The van der Waals surface area contributed by atoms with Crippen LogP contribution < -0.4 is 5.73 Å². The van der Waals surface area contributed by atoms with Crippen molar-refractivity contribution in [2.45, 2.75) is 43.4 Å². The molecule has 2 aromatic rings. The Kier molecular flexibility index (Phi) is 4.44. The summed E-state index contributed by atoms with van der Waals surface area (Å²) >= 11 is 1.84. The van der Waals surface area contributed by atoms with Crippen LogP contribution >= 0.6 is 11.8 Å². The van der Waals surface area contributed by atoms with Crippen molar-refractivity contribution < 1.29 is 0 Å². The molecule has 0 radical (unpaired) electrons. The summed E-state index contributed by atoms with van der Waals surface area (Å²) in [5, 5.41) is 0. The van der Waals surface area contributed by atoms with Gasteiger partial charge in [-0.05, 0) is 30.7 Å². The van der Waals surface area contributed by atoms with Crippen LogP contribution in [0.15, 0.2) is 35.2 Å². The fraction of sp³-hybridized carbons (Fsp3) is 0.412. The third-order valence-electron chi connectivity index (χ3n) is 3.96. The molecule has 0 atom stereocenters. The highest BCUT2D eigenvalue weighted by Gasteiger charge is 2.19. The highest BCUT2D eigenvalue weighted by molar-refractivity contribution is 7.99. The Bertz CT molecular complexity index is 604. The van der Waals surface area contributed by atoms with Crippen LogP contribution in [-0.2, 0) is 0 Å². The second-order valence-corrected chi connectivity index (χ2v) is 6.82. The topological polar surface area (TPSA) is 51.8 Å². The van der Waals surface area contributed by atoms with E-state index >= 15 is 0 Å². The Labute approximate surface area is 130 Å². The number of nitrogens with zero attached hydrogens (tertiary/aromatic N) is 2. The van der Waals surface area contributed by atoms with Gasteiger partial charge < -0.3 is 5.73 Å². The molecule has 1 saturated carbocycles. The summed E-state index contributed by atoms with van der Waals surface area (Å²) in [6.07, 6.45) is 5.05. The third kappa shape index (κ3) is 3.38. The Morgan fingerprint density at radius 3 is 2.52 bits per heavy atom. The first-order chi connectivity index (χ1) is 10.3. The van der Waals surface area contributed by atoms with Gasteiger partial charge in [-0.3, -0.25) is 0 Å². The van der Waals surface area contributed by atoms with Crippen molar-refractivity contribution in [2.75, 3.05) is 11.5 Å². The number of benzene rings is 1. The molecule has 1 aromatic heterocycles. The zero-order valence-corrected chi connectivity index (χ0v) is 13.2. The number of hydrogen-bond donors (Lipinski definition) is 1.